The number of hydrogen-bond acceptors (Lipinski definition) is 3. The largest absolute Gasteiger partial charge is 0.305 e. The highest BCUT2D eigenvalue weighted by Crippen LogP contribution is 2.33. The van der Waals surface area contributed by atoms with Crippen molar-refractivity contribution in [2.75, 3.05) is 0 Å². The number of nitrogens with zero attached hydrogens (tertiary/aromatic N) is 2. The molecule has 2 aromatic rings. The second-order valence-electron chi connectivity index (χ2n) is 4.98. The highest BCUT2D eigenvalue weighted by atomic mass is 35.5. The first-order valence-electron chi connectivity index (χ1n) is 6.56. The Hall–Kier alpha value is -1.39. The number of aromatic nitrogens is 3. The Morgan fingerprint density at radius 3 is 2.65 bits per heavy atom. The van der Waals surface area contributed by atoms with Crippen LogP contribution in [0.15, 0.2) is 23.1 Å². The van der Waals surface area contributed by atoms with Crippen LogP contribution in [0.2, 0.25) is 10.0 Å². The van der Waals surface area contributed by atoms with E-state index in [0.717, 1.165) is 18.5 Å². The molecule has 0 saturated heterocycles. The lowest BCUT2D eigenvalue weighted by molar-refractivity contribution is 0.693. The number of halogens is 2. The predicted molar refractivity (Wildman–Crippen MR) is 79.3 cm³/mol. The lowest BCUT2D eigenvalue weighted by Gasteiger charge is -2.10. The van der Waals surface area contributed by atoms with Gasteiger partial charge in [0, 0.05) is 18.2 Å². The molecular weight excluding hydrogens is 297 g/mol. The van der Waals surface area contributed by atoms with E-state index in [4.69, 9.17) is 23.2 Å². The molecule has 1 aliphatic rings. The third kappa shape index (κ3) is 2.72. The second-order valence-corrected chi connectivity index (χ2v) is 5.83. The number of pyridine rings is 1. The van der Waals surface area contributed by atoms with Crippen LogP contribution in [0.25, 0.3) is 11.5 Å². The van der Waals surface area contributed by atoms with Gasteiger partial charge in [0.25, 0.3) is 5.56 Å². The molecule has 104 valence electrons. The van der Waals surface area contributed by atoms with Crippen LogP contribution in [-0.4, -0.2) is 15.0 Å². The van der Waals surface area contributed by atoms with Crippen LogP contribution in [0.4, 0.5) is 0 Å². The number of aromatic amines is 1. The van der Waals surface area contributed by atoms with Gasteiger partial charge in [0.15, 0.2) is 5.82 Å². The second kappa shape index (κ2) is 5.54. The van der Waals surface area contributed by atoms with E-state index in [-0.39, 0.29) is 5.56 Å². The van der Waals surface area contributed by atoms with Crippen molar-refractivity contribution in [3.8, 4) is 11.5 Å². The fourth-order valence-electron chi connectivity index (χ4n) is 2.61. The van der Waals surface area contributed by atoms with Crippen molar-refractivity contribution >= 4 is 23.2 Å². The van der Waals surface area contributed by atoms with Gasteiger partial charge in [-0.2, -0.15) is 0 Å². The maximum atomic E-state index is 11.8. The van der Waals surface area contributed by atoms with Gasteiger partial charge in [0.05, 0.1) is 15.7 Å². The average Bonchev–Trinajstić information content (AvgIpc) is 2.91. The fraction of sp³-hybridized carbons (Fsp3) is 0.357. The van der Waals surface area contributed by atoms with Crippen LogP contribution >= 0.6 is 23.2 Å². The molecule has 0 aliphatic heterocycles. The molecule has 1 saturated carbocycles. The zero-order valence-corrected chi connectivity index (χ0v) is 12.2. The SMILES string of the molecule is O=c1cc(C2CCCC2)nc(-c2ncc(Cl)cc2Cl)[nH]1. The van der Waals surface area contributed by atoms with Crippen LogP contribution < -0.4 is 5.56 Å². The quantitative estimate of drug-likeness (QED) is 0.918. The molecule has 0 bridgehead atoms. The van der Waals surface area contributed by atoms with Crippen LogP contribution in [0, 0.1) is 0 Å². The van der Waals surface area contributed by atoms with Crippen molar-refractivity contribution < 1.29 is 0 Å². The van der Waals surface area contributed by atoms with E-state index in [1.807, 2.05) is 0 Å². The smallest absolute Gasteiger partial charge is 0.251 e. The van der Waals surface area contributed by atoms with E-state index in [1.165, 1.54) is 19.0 Å². The Morgan fingerprint density at radius 1 is 1.20 bits per heavy atom. The normalized spacial score (nSPS) is 15.7. The van der Waals surface area contributed by atoms with Crippen LogP contribution in [0.5, 0.6) is 0 Å². The zero-order chi connectivity index (χ0) is 14.1. The van der Waals surface area contributed by atoms with E-state index in [1.54, 1.807) is 12.1 Å². The molecule has 2 aromatic heterocycles. The van der Waals surface area contributed by atoms with Crippen LogP contribution in [0.3, 0.4) is 0 Å². The minimum absolute atomic E-state index is 0.176. The van der Waals surface area contributed by atoms with Crippen molar-refractivity contribution in [3.63, 3.8) is 0 Å². The Kier molecular flexibility index (Phi) is 3.76. The van der Waals surface area contributed by atoms with Gasteiger partial charge >= 0.3 is 0 Å². The summed E-state index contributed by atoms with van der Waals surface area (Å²) >= 11 is 12.0. The number of nitrogens with one attached hydrogen (secondary N) is 1. The molecular formula is C14H13Cl2N3O. The van der Waals surface area contributed by atoms with Gasteiger partial charge in [-0.05, 0) is 18.9 Å². The summed E-state index contributed by atoms with van der Waals surface area (Å²) in [7, 11) is 0. The summed E-state index contributed by atoms with van der Waals surface area (Å²) in [4.78, 5) is 23.2. The Bertz CT molecular complexity index is 693. The van der Waals surface area contributed by atoms with E-state index in [0.29, 0.717) is 27.5 Å². The molecule has 0 amide bonds. The van der Waals surface area contributed by atoms with Gasteiger partial charge in [-0.1, -0.05) is 36.0 Å². The van der Waals surface area contributed by atoms with Crippen LogP contribution in [-0.2, 0) is 0 Å². The molecule has 0 spiro atoms. The number of hydrogen-bond donors (Lipinski definition) is 1. The third-order valence-electron chi connectivity index (χ3n) is 3.57. The summed E-state index contributed by atoms with van der Waals surface area (Å²) in [5.74, 6) is 0.767. The standard InChI is InChI=1S/C14H13Cl2N3O/c15-9-5-10(16)13(17-7-9)14-18-11(6-12(20)19-14)8-3-1-2-4-8/h5-8H,1-4H2,(H,18,19,20). The molecule has 1 aliphatic carbocycles. The predicted octanol–water partition coefficient (Wildman–Crippen LogP) is 3.80. The van der Waals surface area contributed by atoms with E-state index in [2.05, 4.69) is 15.0 Å². The molecule has 3 rings (SSSR count). The zero-order valence-electron chi connectivity index (χ0n) is 10.7. The highest BCUT2D eigenvalue weighted by molar-refractivity contribution is 6.35. The van der Waals surface area contributed by atoms with Gasteiger partial charge in [-0.15, -0.1) is 0 Å². The molecule has 2 heterocycles. The molecule has 0 radical (unpaired) electrons. The molecule has 0 atom stereocenters. The summed E-state index contributed by atoms with van der Waals surface area (Å²) in [5.41, 5.74) is 1.10. The number of rotatable bonds is 2. The molecule has 1 fully saturated rings. The third-order valence-corrected chi connectivity index (χ3v) is 4.06. The first-order chi connectivity index (χ1) is 9.63. The average molecular weight is 310 g/mol. The molecule has 0 aromatic carbocycles. The Labute approximate surface area is 126 Å². The maximum Gasteiger partial charge on any atom is 0.251 e. The van der Waals surface area contributed by atoms with Crippen molar-refractivity contribution in [3.05, 3.63) is 44.4 Å². The molecule has 4 nitrogen and oxygen atoms in total. The first-order valence-corrected chi connectivity index (χ1v) is 7.32. The first kappa shape index (κ1) is 13.6. The van der Waals surface area contributed by atoms with Crippen LogP contribution in [0.1, 0.15) is 37.3 Å². The van der Waals surface area contributed by atoms with E-state index in [9.17, 15) is 4.79 Å². The summed E-state index contributed by atoms with van der Waals surface area (Å²) in [6, 6.07) is 3.16. The lowest BCUT2D eigenvalue weighted by atomic mass is 10.0. The molecule has 20 heavy (non-hydrogen) atoms. The number of H-pyrrole nitrogens is 1. The van der Waals surface area contributed by atoms with Gasteiger partial charge < -0.3 is 4.98 Å². The monoisotopic (exact) mass is 309 g/mol. The van der Waals surface area contributed by atoms with Gasteiger partial charge in [0.1, 0.15) is 5.69 Å². The lowest BCUT2D eigenvalue weighted by Crippen LogP contribution is -2.12. The van der Waals surface area contributed by atoms with Gasteiger partial charge in [-0.3, -0.25) is 4.79 Å². The Balaban J connectivity index is 2.07. The Morgan fingerprint density at radius 2 is 1.95 bits per heavy atom. The summed E-state index contributed by atoms with van der Waals surface area (Å²) in [5, 5.41) is 0.831. The van der Waals surface area contributed by atoms with E-state index >= 15 is 0 Å². The summed E-state index contributed by atoms with van der Waals surface area (Å²) < 4.78 is 0. The minimum Gasteiger partial charge on any atom is -0.305 e. The van der Waals surface area contributed by atoms with Crippen molar-refractivity contribution in [1.29, 1.82) is 0 Å². The van der Waals surface area contributed by atoms with Gasteiger partial charge in [0.2, 0.25) is 0 Å². The summed E-state index contributed by atoms with van der Waals surface area (Å²) in [6.45, 7) is 0. The highest BCUT2D eigenvalue weighted by Gasteiger charge is 2.20. The van der Waals surface area contributed by atoms with E-state index < -0.39 is 0 Å². The van der Waals surface area contributed by atoms with Gasteiger partial charge in [-0.25, -0.2) is 9.97 Å². The maximum absolute atomic E-state index is 11.8. The van der Waals surface area contributed by atoms with Crippen molar-refractivity contribution in [2.45, 2.75) is 31.6 Å². The minimum atomic E-state index is -0.176. The molecule has 6 heteroatoms. The topological polar surface area (TPSA) is 58.6 Å². The summed E-state index contributed by atoms with van der Waals surface area (Å²) in [6.07, 6.45) is 6.03. The molecule has 1 N–H and O–H groups in total. The van der Waals surface area contributed by atoms with Crippen molar-refractivity contribution in [1.82, 2.24) is 15.0 Å². The fourth-order valence-corrected chi connectivity index (χ4v) is 3.08. The molecule has 0 unspecified atom stereocenters. The van der Waals surface area contributed by atoms with Crippen molar-refractivity contribution in [2.24, 2.45) is 0 Å².